The van der Waals surface area contributed by atoms with E-state index in [1.165, 1.54) is 11.1 Å². The van der Waals surface area contributed by atoms with Crippen LogP contribution in [-0.2, 0) is 38.2 Å². The van der Waals surface area contributed by atoms with E-state index in [0.29, 0.717) is 17.3 Å². The van der Waals surface area contributed by atoms with Crippen LogP contribution in [-0.4, -0.2) is 42.9 Å². The van der Waals surface area contributed by atoms with Gasteiger partial charge in [0, 0.05) is 18.8 Å². The predicted octanol–water partition coefficient (Wildman–Crippen LogP) is 7.10. The number of hydrogen-bond acceptors (Lipinski definition) is 7. The van der Waals surface area contributed by atoms with Gasteiger partial charge in [-0.15, -0.1) is 0 Å². The first kappa shape index (κ1) is 36.4. The number of benzene rings is 2. The molecule has 0 aliphatic rings. The maximum atomic E-state index is 12.6. The Morgan fingerprint density at radius 2 is 1.41 bits per heavy atom. The summed E-state index contributed by atoms with van der Waals surface area (Å²) < 4.78 is 27.3. The van der Waals surface area contributed by atoms with E-state index < -0.39 is 16.6 Å². The van der Waals surface area contributed by atoms with Crippen LogP contribution in [0.5, 0.6) is 5.75 Å². The zero-order chi connectivity index (χ0) is 33.0. The lowest BCUT2D eigenvalue weighted by atomic mass is 9.78. The predicted molar refractivity (Wildman–Crippen MR) is 174 cm³/mol. The quantitative estimate of drug-likeness (QED) is 0.152. The van der Waals surface area contributed by atoms with Crippen molar-refractivity contribution in [1.82, 2.24) is 9.97 Å². The number of anilines is 1. The number of carbonyl (C=O) groups is 2. The molecule has 0 amide bonds. The molecule has 9 nitrogen and oxygen atoms in total. The first-order chi connectivity index (χ1) is 20.5. The molecule has 44 heavy (non-hydrogen) atoms. The normalized spacial score (nSPS) is 12.4. The van der Waals surface area contributed by atoms with E-state index in [-0.39, 0.29) is 23.5 Å². The van der Waals surface area contributed by atoms with E-state index in [1.54, 1.807) is 12.4 Å². The van der Waals surface area contributed by atoms with Crippen molar-refractivity contribution in [3.63, 3.8) is 0 Å². The fourth-order valence-corrected chi connectivity index (χ4v) is 5.58. The van der Waals surface area contributed by atoms with Crippen molar-refractivity contribution in [2.24, 2.45) is 5.41 Å². The molecule has 2 aromatic carbocycles. The number of carbonyl (C=O) groups excluding carboxylic acids is 1. The van der Waals surface area contributed by atoms with Crippen molar-refractivity contribution >= 4 is 29.4 Å². The molecule has 240 valence electrons. The average Bonchev–Trinajstić information content (AvgIpc) is 2.92. The van der Waals surface area contributed by atoms with Crippen LogP contribution in [0.2, 0.25) is 0 Å². The van der Waals surface area contributed by atoms with E-state index in [4.69, 9.17) is 19.4 Å². The molecular weight excluding hydrogens is 578 g/mol. The molecule has 1 atom stereocenters. The number of hydrogen-bond donors (Lipinski definition) is 2. The lowest BCUT2D eigenvalue weighted by Gasteiger charge is -2.35. The van der Waals surface area contributed by atoms with Gasteiger partial charge < -0.3 is 14.6 Å². The largest absolute Gasteiger partial charge is 0.488 e. The fourth-order valence-electron chi connectivity index (χ4n) is 4.81. The number of ether oxygens (including phenoxy) is 2. The van der Waals surface area contributed by atoms with Gasteiger partial charge in [-0.05, 0) is 114 Å². The highest BCUT2D eigenvalue weighted by Gasteiger charge is 2.31. The number of aromatic nitrogens is 2. The molecule has 0 bridgehead atoms. The van der Waals surface area contributed by atoms with Crippen LogP contribution in [0.1, 0.15) is 84.4 Å². The lowest BCUT2D eigenvalue weighted by molar-refractivity contribution is -0.155. The molecule has 1 unspecified atom stereocenters. The molecule has 3 aromatic rings. The number of nitrogens with zero attached hydrogens (tertiary/aromatic N) is 2. The van der Waals surface area contributed by atoms with Crippen LogP contribution in [0.25, 0.3) is 0 Å². The van der Waals surface area contributed by atoms with Crippen molar-refractivity contribution in [1.29, 1.82) is 0 Å². The van der Waals surface area contributed by atoms with Crippen LogP contribution in [0, 0.1) is 12.3 Å². The molecule has 10 heteroatoms. The highest BCUT2D eigenvalue weighted by Crippen LogP contribution is 2.35. The second-order valence-electron chi connectivity index (χ2n) is 13.1. The Morgan fingerprint density at radius 3 is 1.91 bits per heavy atom. The van der Waals surface area contributed by atoms with Gasteiger partial charge in [0.15, 0.2) is 11.0 Å². The zero-order valence-corrected chi connectivity index (χ0v) is 28.0. The molecule has 0 aliphatic carbocycles. The summed E-state index contributed by atoms with van der Waals surface area (Å²) in [5.41, 5.74) is 2.42. The average molecular weight is 626 g/mol. The fraction of sp³-hybridized carbons (Fsp3) is 0.471. The smallest absolute Gasteiger partial charge is 0.306 e. The SMILES string of the molecule is Cc1cnc(NS(=O)c2ccc(CCc3ccc(OC(C)(C)CC(C)(C)CCC(=O)OC(C)(C)C)cc3)cc2)nc1.O=CO. The summed E-state index contributed by atoms with van der Waals surface area (Å²) in [5.74, 6) is 1.02. The summed E-state index contributed by atoms with van der Waals surface area (Å²) in [5, 5.41) is 6.89. The van der Waals surface area contributed by atoms with Gasteiger partial charge in [0.05, 0.1) is 4.90 Å². The molecule has 0 spiro atoms. The zero-order valence-electron chi connectivity index (χ0n) is 27.2. The maximum Gasteiger partial charge on any atom is 0.306 e. The van der Waals surface area contributed by atoms with Crippen LogP contribution in [0.3, 0.4) is 0 Å². The van der Waals surface area contributed by atoms with Gasteiger partial charge in [-0.25, -0.2) is 14.2 Å². The summed E-state index contributed by atoms with van der Waals surface area (Å²) in [6.07, 6.45) is 7.08. The molecule has 0 saturated carbocycles. The van der Waals surface area contributed by atoms with Crippen molar-refractivity contribution in [2.75, 3.05) is 4.72 Å². The molecule has 0 saturated heterocycles. The summed E-state index contributed by atoms with van der Waals surface area (Å²) in [4.78, 5) is 29.5. The molecule has 0 fully saturated rings. The van der Waals surface area contributed by atoms with E-state index in [2.05, 4.69) is 54.5 Å². The van der Waals surface area contributed by atoms with Crippen molar-refractivity contribution < 1.29 is 28.4 Å². The van der Waals surface area contributed by atoms with Gasteiger partial charge in [0.2, 0.25) is 5.95 Å². The first-order valence-electron chi connectivity index (χ1n) is 14.6. The van der Waals surface area contributed by atoms with Gasteiger partial charge in [-0.3, -0.25) is 14.3 Å². The Morgan fingerprint density at radius 1 is 0.909 bits per heavy atom. The Kier molecular flexibility index (Phi) is 13.5. The van der Waals surface area contributed by atoms with Crippen molar-refractivity contribution in [3.8, 4) is 5.75 Å². The second-order valence-corrected chi connectivity index (χ2v) is 14.4. The summed E-state index contributed by atoms with van der Waals surface area (Å²) >= 11 is 0. The van der Waals surface area contributed by atoms with E-state index >= 15 is 0 Å². The Bertz CT molecular complexity index is 1350. The Balaban J connectivity index is 0.00000216. The molecule has 0 aliphatic heterocycles. The van der Waals surface area contributed by atoms with Gasteiger partial charge in [0.25, 0.3) is 6.47 Å². The molecule has 0 radical (unpaired) electrons. The van der Waals surface area contributed by atoms with Crippen LogP contribution in [0.4, 0.5) is 5.95 Å². The van der Waals surface area contributed by atoms with Gasteiger partial charge in [0.1, 0.15) is 17.0 Å². The highest BCUT2D eigenvalue weighted by molar-refractivity contribution is 7.86. The van der Waals surface area contributed by atoms with Gasteiger partial charge in [-0.1, -0.05) is 38.1 Å². The molecular formula is C34H47N3O6S. The van der Waals surface area contributed by atoms with Crippen LogP contribution in [0.15, 0.2) is 65.8 Å². The minimum absolute atomic E-state index is 0.0764. The number of rotatable bonds is 13. The van der Waals surface area contributed by atoms with Gasteiger partial charge >= 0.3 is 5.97 Å². The van der Waals surface area contributed by atoms with E-state index in [9.17, 15) is 9.00 Å². The third-order valence-electron chi connectivity index (χ3n) is 6.45. The van der Waals surface area contributed by atoms with Crippen molar-refractivity contribution in [3.05, 3.63) is 77.6 Å². The Hall–Kier alpha value is -3.79. The third kappa shape index (κ3) is 14.1. The van der Waals surface area contributed by atoms with Crippen LogP contribution < -0.4 is 9.46 Å². The number of esters is 1. The minimum Gasteiger partial charge on any atom is -0.488 e. The monoisotopic (exact) mass is 625 g/mol. The highest BCUT2D eigenvalue weighted by atomic mass is 32.2. The van der Waals surface area contributed by atoms with Crippen molar-refractivity contribution in [2.45, 2.75) is 104 Å². The lowest BCUT2D eigenvalue weighted by Crippen LogP contribution is -2.35. The minimum atomic E-state index is -1.42. The summed E-state index contributed by atoms with van der Waals surface area (Å²) in [6.45, 7) is 15.9. The molecule has 2 N–H and O–H groups in total. The van der Waals surface area contributed by atoms with Crippen LogP contribution >= 0.6 is 0 Å². The third-order valence-corrected chi connectivity index (χ3v) is 7.52. The summed E-state index contributed by atoms with van der Waals surface area (Å²) in [7, 11) is -1.42. The molecule has 1 heterocycles. The first-order valence-corrected chi connectivity index (χ1v) is 15.8. The number of carboxylic acid groups (broad SMARTS) is 1. The second kappa shape index (κ2) is 16.3. The summed E-state index contributed by atoms with van der Waals surface area (Å²) in [6, 6.07) is 16.0. The van der Waals surface area contributed by atoms with E-state index in [1.807, 2.05) is 64.1 Å². The number of nitrogens with one attached hydrogen (secondary N) is 1. The molecule has 1 aromatic heterocycles. The van der Waals surface area contributed by atoms with Gasteiger partial charge in [-0.2, -0.15) is 0 Å². The molecule has 3 rings (SSSR count). The number of aryl methyl sites for hydroxylation is 3. The van der Waals surface area contributed by atoms with E-state index in [0.717, 1.165) is 37.0 Å². The standard InChI is InChI=1S/C33H45N3O4S.CH2O2/c1-24-21-34-30(35-22-24)36-41(38)28-17-13-26(14-18-28)10-9-25-11-15-27(16-12-25)39-33(7,8)23-32(5,6)20-19-29(37)40-31(2,3)4;2-1-3/h11-18,21-22H,9-10,19-20,23H2,1-8H3,(H,34,35,36);1H,(H,2,3). The Labute approximate surface area is 264 Å². The maximum absolute atomic E-state index is 12.6. The topological polar surface area (TPSA) is 128 Å².